The van der Waals surface area contributed by atoms with Crippen LogP contribution in [0, 0.1) is 30.0 Å². The van der Waals surface area contributed by atoms with Crippen LogP contribution in [0.15, 0.2) is 48.9 Å². The third-order valence-corrected chi connectivity index (χ3v) is 6.13. The second-order valence-corrected chi connectivity index (χ2v) is 8.40. The summed E-state index contributed by atoms with van der Waals surface area (Å²) < 4.78 is 20.3. The molecular formula is C24H21ClFN5O2. The molecule has 0 bridgehead atoms. The van der Waals surface area contributed by atoms with E-state index in [-0.39, 0.29) is 28.9 Å². The van der Waals surface area contributed by atoms with Crippen LogP contribution in [0.4, 0.5) is 4.39 Å². The highest BCUT2D eigenvalue weighted by Gasteiger charge is 2.40. The first kappa shape index (κ1) is 22.6. The average Bonchev–Trinajstić information content (AvgIpc) is 3.27. The maximum Gasteiger partial charge on any atom is 0.257 e. The molecule has 9 heteroatoms. The molecule has 2 aromatic heterocycles. The minimum Gasteiger partial charge on any atom is -0.474 e. The first-order valence-electron chi connectivity index (χ1n) is 10.4. The number of aryl methyl sites for hydroxylation is 1. The van der Waals surface area contributed by atoms with Gasteiger partial charge in [-0.3, -0.25) is 4.79 Å². The van der Waals surface area contributed by atoms with E-state index in [9.17, 15) is 9.18 Å². The van der Waals surface area contributed by atoms with E-state index in [0.29, 0.717) is 35.9 Å². The zero-order valence-corrected chi connectivity index (χ0v) is 18.8. The zero-order valence-electron chi connectivity index (χ0n) is 18.1. The van der Waals surface area contributed by atoms with E-state index >= 15 is 0 Å². The van der Waals surface area contributed by atoms with Gasteiger partial charge >= 0.3 is 0 Å². The molecule has 7 nitrogen and oxygen atoms in total. The number of nitrogens with zero attached hydrogens (tertiary/aromatic N) is 5. The molecule has 0 radical (unpaired) electrons. The van der Waals surface area contributed by atoms with Gasteiger partial charge in [-0.1, -0.05) is 17.7 Å². The number of halogens is 2. The number of ether oxygens (including phenoxy) is 1. The summed E-state index contributed by atoms with van der Waals surface area (Å²) in [6, 6.07) is 9.99. The Bertz CT molecular complexity index is 1200. The number of hydrogen-bond donors (Lipinski definition) is 0. The third kappa shape index (κ3) is 4.94. The molecule has 1 fully saturated rings. The summed E-state index contributed by atoms with van der Waals surface area (Å²) in [5, 5.41) is 9.00. The Morgan fingerprint density at radius 2 is 1.97 bits per heavy atom. The molecule has 3 heterocycles. The summed E-state index contributed by atoms with van der Waals surface area (Å²) in [5.41, 5.74) is 1.56. The predicted octanol–water partition coefficient (Wildman–Crippen LogP) is 4.17. The van der Waals surface area contributed by atoms with Crippen molar-refractivity contribution in [3.63, 3.8) is 0 Å². The van der Waals surface area contributed by atoms with Gasteiger partial charge in [0.2, 0.25) is 5.88 Å². The number of benzene rings is 1. The topological polar surface area (TPSA) is 92.0 Å². The molecule has 4 rings (SSSR count). The van der Waals surface area contributed by atoms with Gasteiger partial charge in [-0.2, -0.15) is 5.26 Å². The molecule has 0 saturated carbocycles. The van der Waals surface area contributed by atoms with Crippen LogP contribution in [0.3, 0.4) is 0 Å². The van der Waals surface area contributed by atoms with E-state index < -0.39 is 5.82 Å². The number of rotatable bonds is 5. The molecule has 0 aliphatic carbocycles. The molecule has 168 valence electrons. The summed E-state index contributed by atoms with van der Waals surface area (Å²) in [5.74, 6) is -0.0667. The highest BCUT2D eigenvalue weighted by Crippen LogP contribution is 2.37. The number of pyridine rings is 1. The Balaban J connectivity index is 1.60. The van der Waals surface area contributed by atoms with Gasteiger partial charge in [0.25, 0.3) is 5.91 Å². The molecule has 3 atom stereocenters. The van der Waals surface area contributed by atoms with Gasteiger partial charge < -0.3 is 9.64 Å². The van der Waals surface area contributed by atoms with Crippen molar-refractivity contribution in [1.29, 1.82) is 5.26 Å². The van der Waals surface area contributed by atoms with Crippen molar-refractivity contribution >= 4 is 17.5 Å². The number of amides is 1. The maximum absolute atomic E-state index is 14.2. The number of carbonyl (C=O) groups excluding carboxylic acids is 1. The van der Waals surface area contributed by atoms with E-state index in [1.54, 1.807) is 30.0 Å². The molecule has 1 aromatic carbocycles. The fourth-order valence-electron chi connectivity index (χ4n) is 4.05. The Morgan fingerprint density at radius 1 is 1.21 bits per heavy atom. The third-order valence-electron chi connectivity index (χ3n) is 5.83. The molecule has 1 aliphatic heterocycles. The molecule has 0 N–H and O–H groups in total. The monoisotopic (exact) mass is 465 g/mol. The molecule has 0 spiro atoms. The van der Waals surface area contributed by atoms with Gasteiger partial charge in [0.15, 0.2) is 0 Å². The van der Waals surface area contributed by atoms with Crippen molar-refractivity contribution in [2.45, 2.75) is 25.9 Å². The molecule has 1 amide bonds. The van der Waals surface area contributed by atoms with Crippen molar-refractivity contribution in [2.75, 3.05) is 13.1 Å². The van der Waals surface area contributed by atoms with Crippen LogP contribution in [0.1, 0.15) is 40.2 Å². The van der Waals surface area contributed by atoms with Crippen molar-refractivity contribution < 1.29 is 13.9 Å². The lowest BCUT2D eigenvalue weighted by atomic mass is 9.85. The molecule has 3 aromatic rings. The van der Waals surface area contributed by atoms with Crippen LogP contribution in [0.2, 0.25) is 5.02 Å². The van der Waals surface area contributed by atoms with Gasteiger partial charge in [0.1, 0.15) is 23.8 Å². The minimum atomic E-state index is -0.507. The fourth-order valence-corrected chi connectivity index (χ4v) is 4.16. The van der Waals surface area contributed by atoms with Crippen LogP contribution in [0.25, 0.3) is 0 Å². The van der Waals surface area contributed by atoms with Crippen LogP contribution in [0.5, 0.6) is 5.88 Å². The van der Waals surface area contributed by atoms with Crippen LogP contribution >= 0.6 is 11.6 Å². The predicted molar refractivity (Wildman–Crippen MR) is 119 cm³/mol. The molecule has 3 unspecified atom stereocenters. The zero-order chi connectivity index (χ0) is 23.5. The van der Waals surface area contributed by atoms with Gasteiger partial charge in [0.05, 0.1) is 16.1 Å². The number of aromatic nitrogens is 3. The lowest BCUT2D eigenvalue weighted by molar-refractivity contribution is 0.0769. The fraction of sp³-hybridized carbons (Fsp3) is 0.292. The number of nitriles is 1. The van der Waals surface area contributed by atoms with E-state index in [1.807, 2.05) is 13.0 Å². The summed E-state index contributed by atoms with van der Waals surface area (Å²) in [7, 11) is 0. The molecule has 1 aliphatic rings. The maximum atomic E-state index is 14.2. The first-order chi connectivity index (χ1) is 15.9. The molecular weight excluding hydrogens is 445 g/mol. The quantitative estimate of drug-likeness (QED) is 0.561. The van der Waals surface area contributed by atoms with Gasteiger partial charge in [-0.25, -0.2) is 19.3 Å². The Labute approximate surface area is 195 Å². The lowest BCUT2D eigenvalue weighted by Gasteiger charge is -2.25. The largest absolute Gasteiger partial charge is 0.474 e. The van der Waals surface area contributed by atoms with E-state index in [4.69, 9.17) is 21.6 Å². The Morgan fingerprint density at radius 3 is 2.61 bits per heavy atom. The second kappa shape index (κ2) is 9.51. The first-order valence-corrected chi connectivity index (χ1v) is 10.8. The van der Waals surface area contributed by atoms with Gasteiger partial charge in [-0.15, -0.1) is 0 Å². The van der Waals surface area contributed by atoms with Crippen molar-refractivity contribution in [2.24, 2.45) is 5.92 Å². The highest BCUT2D eigenvalue weighted by atomic mass is 35.5. The molecule has 33 heavy (non-hydrogen) atoms. The van der Waals surface area contributed by atoms with Crippen molar-refractivity contribution in [3.05, 3.63) is 82.3 Å². The van der Waals surface area contributed by atoms with E-state index in [1.165, 1.54) is 30.7 Å². The van der Waals surface area contributed by atoms with Crippen LogP contribution in [-0.2, 0) is 0 Å². The minimum absolute atomic E-state index is 0.0455. The summed E-state index contributed by atoms with van der Waals surface area (Å²) >= 11 is 5.88. The van der Waals surface area contributed by atoms with Crippen LogP contribution < -0.4 is 4.74 Å². The highest BCUT2D eigenvalue weighted by molar-refractivity contribution is 6.30. The summed E-state index contributed by atoms with van der Waals surface area (Å²) in [4.78, 5) is 27.2. The average molecular weight is 466 g/mol. The molecule has 1 saturated heterocycles. The van der Waals surface area contributed by atoms with E-state index in [2.05, 4.69) is 15.0 Å². The number of hydrogen-bond acceptors (Lipinski definition) is 6. The van der Waals surface area contributed by atoms with Crippen LogP contribution in [-0.4, -0.2) is 45.0 Å². The smallest absolute Gasteiger partial charge is 0.257 e. The number of carbonyl (C=O) groups is 1. The standard InChI is InChI=1S/C24H21ClFN5O2/c1-14(33-23-6-3-16(8-27)9-30-23)19-12-31(24(32)18-10-28-15(2)29-11-18)13-20(19)17-4-5-21(25)22(26)7-17/h3-7,9-11,14,19-20H,12-13H2,1-2H3. The van der Waals surface area contributed by atoms with E-state index in [0.717, 1.165) is 5.56 Å². The second-order valence-electron chi connectivity index (χ2n) is 7.99. The SMILES string of the molecule is Cc1ncc(C(=O)N2CC(c3ccc(Cl)c(F)c3)C(C(C)Oc3ccc(C#N)cn3)C2)cn1. The Hall–Kier alpha value is -3.57. The summed E-state index contributed by atoms with van der Waals surface area (Å²) in [6.07, 6.45) is 4.11. The number of likely N-dealkylation sites (tertiary alicyclic amines) is 1. The lowest BCUT2D eigenvalue weighted by Crippen LogP contribution is -2.32. The Kier molecular flexibility index (Phi) is 6.52. The normalized spacial score (nSPS) is 18.6. The van der Waals surface area contributed by atoms with Gasteiger partial charge in [0, 0.05) is 49.6 Å². The summed E-state index contributed by atoms with van der Waals surface area (Å²) in [6.45, 7) is 4.43. The van der Waals surface area contributed by atoms with Crippen molar-refractivity contribution in [3.8, 4) is 11.9 Å². The van der Waals surface area contributed by atoms with Crippen molar-refractivity contribution in [1.82, 2.24) is 19.9 Å². The van der Waals surface area contributed by atoms with Gasteiger partial charge in [-0.05, 0) is 37.6 Å².